The molecule has 3 aliphatic rings. The van der Waals surface area contributed by atoms with E-state index in [4.69, 9.17) is 24.7 Å². The zero-order valence-electron chi connectivity index (χ0n) is 44.0. The zero-order chi connectivity index (χ0) is 54.5. The number of fused-ring (bicyclic) bond motifs is 2. The van der Waals surface area contributed by atoms with E-state index in [9.17, 15) is 60.7 Å². The minimum absolute atomic E-state index is 0.0152. The number of esters is 1. The van der Waals surface area contributed by atoms with E-state index in [2.05, 4.69) is 26.1 Å². The Labute approximate surface area is 432 Å². The lowest BCUT2D eigenvalue weighted by Crippen LogP contribution is -2.60. The molecule has 0 saturated carbocycles. The molecular formula is C55H90N2O16. The summed E-state index contributed by atoms with van der Waals surface area (Å²) in [5, 5.41) is 113. The first kappa shape index (κ1) is 63.8. The van der Waals surface area contributed by atoms with Gasteiger partial charge in [0.05, 0.1) is 86.0 Å². The molecule has 3 heterocycles. The number of nitrogens with two attached hydrogens (primary N) is 1. The van der Waals surface area contributed by atoms with Gasteiger partial charge in [0.1, 0.15) is 12.2 Å². The van der Waals surface area contributed by atoms with Crippen molar-refractivity contribution in [2.45, 2.75) is 210 Å². The topological polar surface area (TPSA) is 311 Å². The summed E-state index contributed by atoms with van der Waals surface area (Å²) in [4.78, 5) is 26.8. The van der Waals surface area contributed by atoms with Crippen molar-refractivity contribution in [2.24, 2.45) is 28.4 Å². The number of cyclic esters (lactones) is 1. The highest BCUT2D eigenvalue weighted by Crippen LogP contribution is 2.39. The van der Waals surface area contributed by atoms with Gasteiger partial charge in [0, 0.05) is 44.6 Å². The average Bonchev–Trinajstić information content (AvgIpc) is 3.28. The van der Waals surface area contributed by atoms with Gasteiger partial charge in [-0.05, 0) is 43.4 Å². The van der Waals surface area contributed by atoms with Gasteiger partial charge >= 0.3 is 5.97 Å². The Morgan fingerprint density at radius 2 is 1.30 bits per heavy atom. The highest BCUT2D eigenvalue weighted by Gasteiger charge is 2.51. The van der Waals surface area contributed by atoms with Gasteiger partial charge in [0.25, 0.3) is 0 Å². The Morgan fingerprint density at radius 1 is 0.712 bits per heavy atom. The molecule has 17 atom stereocenters. The van der Waals surface area contributed by atoms with E-state index >= 15 is 0 Å². The third-order valence-corrected chi connectivity index (χ3v) is 13.7. The predicted molar refractivity (Wildman–Crippen MR) is 276 cm³/mol. The summed E-state index contributed by atoms with van der Waals surface area (Å²) < 4.78 is 23.6. The number of allylic oxidation sites excluding steroid dienone is 12. The van der Waals surface area contributed by atoms with Crippen LogP contribution in [-0.2, 0) is 28.5 Å². The molecule has 73 heavy (non-hydrogen) atoms. The molecule has 2 fully saturated rings. The molecule has 18 nitrogen and oxygen atoms in total. The van der Waals surface area contributed by atoms with Gasteiger partial charge in [-0.3, -0.25) is 9.59 Å². The highest BCUT2D eigenvalue weighted by atomic mass is 16.7. The van der Waals surface area contributed by atoms with Crippen molar-refractivity contribution in [3.05, 3.63) is 85.1 Å². The second-order valence-corrected chi connectivity index (χ2v) is 21.9. The van der Waals surface area contributed by atoms with Gasteiger partial charge in [0.2, 0.25) is 5.91 Å². The number of carbonyl (C=O) groups excluding carboxylic acids is 2. The van der Waals surface area contributed by atoms with Gasteiger partial charge in [-0.25, -0.2) is 0 Å². The second kappa shape index (κ2) is 30.9. The fourth-order valence-corrected chi connectivity index (χ4v) is 9.44. The maximum absolute atomic E-state index is 14.2. The molecule has 8 unspecified atom stereocenters. The van der Waals surface area contributed by atoms with Crippen molar-refractivity contribution in [1.82, 2.24) is 5.32 Å². The standard InChI is InChI=1S/C55H90N2O16/c1-8-53(4,5)33-54(6,7)34-57-51(68)48-44(64)31-55(69)30-39(60)27-43(63)41(61)24-23-37(58)26-38(59)28-47(66)71-36(3)25-42(62)35(2)21-19-17-15-13-11-9-10-12-14-16-18-20-22-40(29-46(48)73-55)72-52-50(67)49(56)45(65)32-70-52/h9-22,35-46,48-50,52,58-65,67,69H,8,23-34,56H2,1-7H3,(H,57,68)/b10-9+,13-11+,14-12+,17-15+,18-16+,21-19+,22-20+/t35-,36-,37?,38?,39?,40?,41?,42-,43?,44-,45+,46-,48+,49-,50-,52?,55?/m0/s1. The summed E-state index contributed by atoms with van der Waals surface area (Å²) in [6.07, 6.45) is 7.79. The van der Waals surface area contributed by atoms with Crippen LogP contribution in [0.2, 0.25) is 0 Å². The molecule has 2 saturated heterocycles. The van der Waals surface area contributed by atoms with Crippen molar-refractivity contribution < 1.29 is 79.6 Å². The second-order valence-electron chi connectivity index (χ2n) is 21.9. The lowest BCUT2D eigenvalue weighted by Gasteiger charge is -2.46. The summed E-state index contributed by atoms with van der Waals surface area (Å²) in [5.41, 5.74) is 5.70. The van der Waals surface area contributed by atoms with Crippen LogP contribution in [0.5, 0.6) is 0 Å². The van der Waals surface area contributed by atoms with Crippen LogP contribution >= 0.6 is 0 Å². The van der Waals surface area contributed by atoms with E-state index < -0.39 is 135 Å². The number of amides is 1. The molecule has 13 N–H and O–H groups in total. The number of hydrogen-bond donors (Lipinski definition) is 12. The maximum Gasteiger partial charge on any atom is 0.308 e. The number of carbonyl (C=O) groups is 2. The predicted octanol–water partition coefficient (Wildman–Crippen LogP) is 2.96. The van der Waals surface area contributed by atoms with Crippen LogP contribution in [0.3, 0.4) is 0 Å². The van der Waals surface area contributed by atoms with Gasteiger partial charge in [-0.15, -0.1) is 0 Å². The minimum atomic E-state index is -2.27. The fraction of sp³-hybridized carbons (Fsp3) is 0.709. The van der Waals surface area contributed by atoms with Crippen molar-refractivity contribution in [2.75, 3.05) is 13.2 Å². The number of ether oxygens (including phenoxy) is 4. The molecule has 0 aromatic carbocycles. The van der Waals surface area contributed by atoms with E-state index in [0.29, 0.717) is 0 Å². The molecule has 18 heteroatoms. The highest BCUT2D eigenvalue weighted by molar-refractivity contribution is 5.80. The number of aliphatic hydroxyl groups excluding tert-OH is 9. The molecule has 0 aliphatic carbocycles. The molecule has 416 valence electrons. The van der Waals surface area contributed by atoms with E-state index in [-0.39, 0.29) is 62.0 Å². The van der Waals surface area contributed by atoms with Crippen molar-refractivity contribution in [3.63, 3.8) is 0 Å². The summed E-state index contributed by atoms with van der Waals surface area (Å²) >= 11 is 0. The summed E-state index contributed by atoms with van der Waals surface area (Å²) in [5.74, 6) is -5.06. The molecule has 0 radical (unpaired) electrons. The molecule has 0 aromatic heterocycles. The van der Waals surface area contributed by atoms with E-state index in [0.717, 1.165) is 12.8 Å². The number of nitrogens with one attached hydrogen (secondary N) is 1. The minimum Gasteiger partial charge on any atom is -0.462 e. The van der Waals surface area contributed by atoms with Crippen LogP contribution in [0.25, 0.3) is 0 Å². The Kier molecular flexibility index (Phi) is 27.1. The number of hydrogen-bond acceptors (Lipinski definition) is 17. The fourth-order valence-electron chi connectivity index (χ4n) is 9.44. The maximum atomic E-state index is 14.2. The lowest BCUT2D eigenvalue weighted by atomic mass is 9.73. The average molecular weight is 1040 g/mol. The number of rotatable bonds is 8. The van der Waals surface area contributed by atoms with Crippen LogP contribution in [0.15, 0.2) is 85.1 Å². The van der Waals surface area contributed by atoms with E-state index in [1.165, 1.54) is 0 Å². The molecule has 2 bridgehead atoms. The zero-order valence-corrected chi connectivity index (χ0v) is 44.0. The first-order valence-corrected chi connectivity index (χ1v) is 25.9. The third-order valence-electron chi connectivity index (χ3n) is 13.7. The Morgan fingerprint density at radius 3 is 1.90 bits per heavy atom. The smallest absolute Gasteiger partial charge is 0.308 e. The monoisotopic (exact) mass is 1030 g/mol. The molecular weight excluding hydrogens is 945 g/mol. The van der Waals surface area contributed by atoms with E-state index in [1.807, 2.05) is 63.3 Å². The van der Waals surface area contributed by atoms with E-state index in [1.54, 1.807) is 49.5 Å². The molecule has 3 aliphatic heterocycles. The lowest BCUT2D eigenvalue weighted by molar-refractivity contribution is -0.304. The molecule has 1 amide bonds. The quantitative estimate of drug-likeness (QED) is 0.156. The van der Waals surface area contributed by atoms with Crippen molar-refractivity contribution in [3.8, 4) is 0 Å². The van der Waals surface area contributed by atoms with Crippen LogP contribution in [0.1, 0.15) is 119 Å². The Hall–Kier alpha value is -3.44. The van der Waals surface area contributed by atoms with Crippen LogP contribution in [-0.4, -0.2) is 167 Å². The molecule has 3 rings (SSSR count). The summed E-state index contributed by atoms with van der Waals surface area (Å²) in [6, 6.07) is -1.11. The van der Waals surface area contributed by atoms with Gasteiger partial charge < -0.3 is 81.1 Å². The number of aliphatic hydroxyl groups is 10. The third kappa shape index (κ3) is 23.6. The summed E-state index contributed by atoms with van der Waals surface area (Å²) in [6.45, 7) is 13.9. The van der Waals surface area contributed by atoms with Crippen LogP contribution < -0.4 is 11.1 Å². The summed E-state index contributed by atoms with van der Waals surface area (Å²) in [7, 11) is 0. The van der Waals surface area contributed by atoms with Crippen molar-refractivity contribution in [1.29, 1.82) is 0 Å². The largest absolute Gasteiger partial charge is 0.462 e. The SMILES string of the molecule is CCC(C)(C)CC(C)(C)CNC(=O)[C@H]1[C@@H]2CC(OC3OC[C@@H](O)[C@H](N)[C@@H]3O)/C=C/C=C/C=C/C=C/C=C/C=C/C=C/[C@H](C)[C@@H](O)C[C@H](C)OC(=O)CC(O)CC(O)CCC(O)C(O)CC(O)CC(O)(C[C@@H]1O)O2. The normalized spacial score (nSPS) is 40.2. The molecule has 0 aromatic rings. The Balaban J connectivity index is 1.95. The van der Waals surface area contributed by atoms with Crippen molar-refractivity contribution >= 4 is 11.9 Å². The molecule has 0 spiro atoms. The first-order chi connectivity index (χ1) is 34.2. The van der Waals surface area contributed by atoms with Gasteiger partial charge in [-0.2, -0.15) is 0 Å². The van der Waals surface area contributed by atoms with Crippen LogP contribution in [0.4, 0.5) is 0 Å². The van der Waals surface area contributed by atoms with Gasteiger partial charge in [-0.1, -0.05) is 133 Å². The first-order valence-electron chi connectivity index (χ1n) is 25.9. The Bertz CT molecular complexity index is 1870. The van der Waals surface area contributed by atoms with Crippen LogP contribution in [0, 0.1) is 22.7 Å². The van der Waals surface area contributed by atoms with Gasteiger partial charge in [0.15, 0.2) is 12.1 Å².